The number of piperidine rings is 1. The molecule has 1 saturated carbocycles. The molecule has 0 atom stereocenters. The summed E-state index contributed by atoms with van der Waals surface area (Å²) in [5, 5.41) is 8.88. The predicted molar refractivity (Wildman–Crippen MR) is 101 cm³/mol. The van der Waals surface area contributed by atoms with Gasteiger partial charge in [0.05, 0.1) is 6.54 Å². The Labute approximate surface area is 161 Å². The number of hydrogen-bond donors (Lipinski definition) is 0. The van der Waals surface area contributed by atoms with Crippen molar-refractivity contribution < 1.29 is 9.59 Å². The highest BCUT2D eigenvalue weighted by atomic mass is 16.2. The number of nitrogens with zero attached hydrogens (tertiary/aromatic N) is 5. The van der Waals surface area contributed by atoms with Crippen molar-refractivity contribution in [1.29, 1.82) is 0 Å². The van der Waals surface area contributed by atoms with Gasteiger partial charge in [-0.1, -0.05) is 19.3 Å². The zero-order chi connectivity index (χ0) is 18.8. The van der Waals surface area contributed by atoms with Crippen molar-refractivity contribution in [2.75, 3.05) is 19.6 Å². The van der Waals surface area contributed by atoms with E-state index in [0.29, 0.717) is 24.8 Å². The first kappa shape index (κ1) is 18.4. The summed E-state index contributed by atoms with van der Waals surface area (Å²) in [5.41, 5.74) is 0. The normalized spacial score (nSPS) is 22.0. The summed E-state index contributed by atoms with van der Waals surface area (Å²) in [6, 6.07) is 0. The number of hydrogen-bond acceptors (Lipinski definition) is 4. The second-order valence-electron chi connectivity index (χ2n) is 8.43. The van der Waals surface area contributed by atoms with E-state index in [1.165, 1.54) is 32.1 Å². The third-order valence-electron chi connectivity index (χ3n) is 6.63. The van der Waals surface area contributed by atoms with Crippen LogP contribution in [-0.4, -0.2) is 56.0 Å². The van der Waals surface area contributed by atoms with Crippen molar-refractivity contribution in [2.45, 2.75) is 77.3 Å². The van der Waals surface area contributed by atoms with Crippen LogP contribution < -0.4 is 0 Å². The van der Waals surface area contributed by atoms with Gasteiger partial charge < -0.3 is 14.4 Å². The molecule has 1 aromatic rings. The van der Waals surface area contributed by atoms with Gasteiger partial charge in [-0.25, -0.2) is 0 Å². The molecule has 2 amide bonds. The molecule has 2 aliphatic heterocycles. The summed E-state index contributed by atoms with van der Waals surface area (Å²) in [6.45, 7) is 5.38. The van der Waals surface area contributed by atoms with E-state index in [1.807, 2.05) is 9.80 Å². The van der Waals surface area contributed by atoms with Crippen LogP contribution in [0.5, 0.6) is 0 Å². The maximum atomic E-state index is 12.7. The molecular formula is C20H31N5O2. The number of rotatable bonds is 3. The van der Waals surface area contributed by atoms with Crippen molar-refractivity contribution in [3.63, 3.8) is 0 Å². The largest absolute Gasteiger partial charge is 0.343 e. The van der Waals surface area contributed by atoms with Crippen molar-refractivity contribution in [2.24, 2.45) is 5.92 Å². The maximum Gasteiger partial charge on any atom is 0.223 e. The van der Waals surface area contributed by atoms with Crippen molar-refractivity contribution in [3.05, 3.63) is 11.6 Å². The van der Waals surface area contributed by atoms with Crippen LogP contribution >= 0.6 is 0 Å². The van der Waals surface area contributed by atoms with Gasteiger partial charge in [0.2, 0.25) is 11.8 Å². The lowest BCUT2D eigenvalue weighted by molar-refractivity contribution is -0.134. The first-order chi connectivity index (χ1) is 13.1. The molecule has 148 valence electrons. The Hall–Kier alpha value is -1.92. The Bertz CT molecular complexity index is 687. The van der Waals surface area contributed by atoms with E-state index in [9.17, 15) is 9.59 Å². The highest BCUT2D eigenvalue weighted by molar-refractivity contribution is 5.76. The van der Waals surface area contributed by atoms with Gasteiger partial charge in [-0.2, -0.15) is 0 Å². The first-order valence-corrected chi connectivity index (χ1v) is 10.6. The van der Waals surface area contributed by atoms with Gasteiger partial charge in [0.1, 0.15) is 5.82 Å². The summed E-state index contributed by atoms with van der Waals surface area (Å²) in [6.07, 6.45) is 8.88. The lowest BCUT2D eigenvalue weighted by Crippen LogP contribution is -2.40. The number of carbonyl (C=O) groups excluding carboxylic acids is 2. The standard InChI is InChI=1S/C20H31N5O2/c1-15(26)23-9-7-17(8-10-23)20-22-21-18-14-24(11-12-25(18)20)19(27)13-16-5-3-2-4-6-16/h16-17H,2-14H2,1H3. The fraction of sp³-hybridized carbons (Fsp3) is 0.800. The highest BCUT2D eigenvalue weighted by Crippen LogP contribution is 2.30. The lowest BCUT2D eigenvalue weighted by Gasteiger charge is -2.33. The molecule has 0 N–H and O–H groups in total. The van der Waals surface area contributed by atoms with Crippen LogP contribution in [0.1, 0.15) is 75.9 Å². The molecule has 1 aliphatic carbocycles. The molecule has 0 radical (unpaired) electrons. The zero-order valence-electron chi connectivity index (χ0n) is 16.4. The number of fused-ring (bicyclic) bond motifs is 1. The van der Waals surface area contributed by atoms with Gasteiger partial charge in [0.15, 0.2) is 5.82 Å². The third-order valence-corrected chi connectivity index (χ3v) is 6.63. The minimum atomic E-state index is 0.156. The Morgan fingerprint density at radius 1 is 0.926 bits per heavy atom. The molecule has 27 heavy (non-hydrogen) atoms. The van der Waals surface area contributed by atoms with Gasteiger partial charge in [0.25, 0.3) is 0 Å². The summed E-state index contributed by atoms with van der Waals surface area (Å²) in [7, 11) is 0. The number of aromatic nitrogens is 3. The lowest BCUT2D eigenvalue weighted by atomic mass is 9.86. The predicted octanol–water partition coefficient (Wildman–Crippen LogP) is 2.32. The summed E-state index contributed by atoms with van der Waals surface area (Å²) in [4.78, 5) is 28.1. The molecule has 7 nitrogen and oxygen atoms in total. The third kappa shape index (κ3) is 4.01. The van der Waals surface area contributed by atoms with Gasteiger partial charge in [0, 0.05) is 45.4 Å². The van der Waals surface area contributed by atoms with E-state index in [1.54, 1.807) is 6.92 Å². The van der Waals surface area contributed by atoms with Crippen molar-refractivity contribution in [1.82, 2.24) is 24.6 Å². The average molecular weight is 374 g/mol. The van der Waals surface area contributed by atoms with Crippen LogP contribution in [0.3, 0.4) is 0 Å². The quantitative estimate of drug-likeness (QED) is 0.815. The molecule has 2 fully saturated rings. The smallest absolute Gasteiger partial charge is 0.223 e. The van der Waals surface area contributed by atoms with Gasteiger partial charge >= 0.3 is 0 Å². The molecule has 4 rings (SSSR count). The fourth-order valence-electron chi connectivity index (χ4n) is 4.92. The molecule has 0 aromatic carbocycles. The molecule has 3 heterocycles. The van der Waals surface area contributed by atoms with E-state index in [-0.39, 0.29) is 11.8 Å². The monoisotopic (exact) mass is 373 g/mol. The molecule has 0 unspecified atom stereocenters. The van der Waals surface area contributed by atoms with E-state index >= 15 is 0 Å². The van der Waals surface area contributed by atoms with Crippen LogP contribution in [0.15, 0.2) is 0 Å². The Balaban J connectivity index is 1.36. The van der Waals surface area contributed by atoms with Gasteiger partial charge in [-0.3, -0.25) is 9.59 Å². The van der Waals surface area contributed by atoms with Crippen LogP contribution in [0.4, 0.5) is 0 Å². The number of amides is 2. The van der Waals surface area contributed by atoms with E-state index in [0.717, 1.165) is 50.7 Å². The SMILES string of the molecule is CC(=O)N1CCC(c2nnc3n2CCN(C(=O)CC2CCCCC2)C3)CC1. The topological polar surface area (TPSA) is 71.3 Å². The summed E-state index contributed by atoms with van der Waals surface area (Å²) in [5.74, 6) is 3.35. The highest BCUT2D eigenvalue weighted by Gasteiger charge is 2.31. The Morgan fingerprint density at radius 2 is 1.67 bits per heavy atom. The molecule has 0 spiro atoms. The number of likely N-dealkylation sites (tertiary alicyclic amines) is 1. The van der Waals surface area contributed by atoms with E-state index in [2.05, 4.69) is 14.8 Å². The second-order valence-corrected chi connectivity index (χ2v) is 8.43. The second kappa shape index (κ2) is 7.98. The Morgan fingerprint density at radius 3 is 2.37 bits per heavy atom. The van der Waals surface area contributed by atoms with Crippen LogP contribution in [0.25, 0.3) is 0 Å². The Kier molecular flexibility index (Phi) is 5.45. The van der Waals surface area contributed by atoms with Crippen LogP contribution in [-0.2, 0) is 22.7 Å². The van der Waals surface area contributed by atoms with E-state index < -0.39 is 0 Å². The van der Waals surface area contributed by atoms with Crippen molar-refractivity contribution in [3.8, 4) is 0 Å². The van der Waals surface area contributed by atoms with Gasteiger partial charge in [-0.05, 0) is 31.6 Å². The van der Waals surface area contributed by atoms with Crippen LogP contribution in [0.2, 0.25) is 0 Å². The first-order valence-electron chi connectivity index (χ1n) is 10.6. The molecule has 1 aromatic heterocycles. The van der Waals surface area contributed by atoms with Crippen molar-refractivity contribution >= 4 is 11.8 Å². The maximum absolute atomic E-state index is 12.7. The zero-order valence-corrected chi connectivity index (χ0v) is 16.4. The fourth-order valence-corrected chi connectivity index (χ4v) is 4.92. The molecule has 1 saturated heterocycles. The minimum Gasteiger partial charge on any atom is -0.343 e. The molecular weight excluding hydrogens is 342 g/mol. The van der Waals surface area contributed by atoms with Gasteiger partial charge in [-0.15, -0.1) is 10.2 Å². The molecule has 3 aliphatic rings. The molecule has 0 bridgehead atoms. The van der Waals surface area contributed by atoms with Crippen LogP contribution in [0, 0.1) is 5.92 Å². The average Bonchev–Trinajstić information content (AvgIpc) is 3.12. The summed E-state index contributed by atoms with van der Waals surface area (Å²) < 4.78 is 2.22. The minimum absolute atomic E-state index is 0.156. The number of carbonyl (C=O) groups is 2. The molecule has 7 heteroatoms. The summed E-state index contributed by atoms with van der Waals surface area (Å²) >= 11 is 0. The van der Waals surface area contributed by atoms with E-state index in [4.69, 9.17) is 0 Å².